The molecule has 2 amide bonds. The molecule has 174 valence electrons. The Kier molecular flexibility index (Phi) is 7.66. The number of nitrogens with one attached hydrogen (secondary N) is 2. The smallest absolute Gasteiger partial charge is 0.417 e. The number of alkyl halides is 3. The molecule has 1 aromatic carbocycles. The van der Waals surface area contributed by atoms with Crippen LogP contribution in [0.2, 0.25) is 0 Å². The zero-order valence-corrected chi connectivity index (χ0v) is 17.9. The minimum atomic E-state index is -4.42. The van der Waals surface area contributed by atoms with E-state index >= 15 is 0 Å². The second-order valence-electron chi connectivity index (χ2n) is 7.49. The molecule has 1 saturated carbocycles. The summed E-state index contributed by atoms with van der Waals surface area (Å²) in [5.41, 5.74) is 0.0656. The summed E-state index contributed by atoms with van der Waals surface area (Å²) in [6.45, 7) is 0.338. The number of rotatable bonds is 7. The van der Waals surface area contributed by atoms with Crippen molar-refractivity contribution >= 4 is 6.03 Å². The molecule has 0 unspecified atom stereocenters. The van der Waals surface area contributed by atoms with Gasteiger partial charge in [-0.2, -0.15) is 13.2 Å². The minimum absolute atomic E-state index is 0.000757. The Bertz CT molecular complexity index is 898. The van der Waals surface area contributed by atoms with Crippen LogP contribution < -0.4 is 24.8 Å². The Balaban J connectivity index is 1.40. The average Bonchev–Trinajstić information content (AvgIpc) is 2.78. The van der Waals surface area contributed by atoms with Crippen molar-refractivity contribution in [3.8, 4) is 17.4 Å². The molecule has 1 aliphatic rings. The Morgan fingerprint density at radius 1 is 1.06 bits per heavy atom. The highest BCUT2D eigenvalue weighted by Gasteiger charge is 2.31. The molecule has 0 radical (unpaired) electrons. The molecule has 0 atom stereocenters. The number of carbonyl (C=O) groups is 1. The largest absolute Gasteiger partial charge is 0.493 e. The first kappa shape index (κ1) is 23.5. The van der Waals surface area contributed by atoms with Crippen LogP contribution in [0.25, 0.3) is 0 Å². The van der Waals surface area contributed by atoms with Gasteiger partial charge in [0.2, 0.25) is 5.88 Å². The van der Waals surface area contributed by atoms with Crippen LogP contribution in [0.1, 0.15) is 36.8 Å². The molecule has 3 rings (SSSR count). The van der Waals surface area contributed by atoms with Gasteiger partial charge in [-0.1, -0.05) is 6.07 Å². The van der Waals surface area contributed by atoms with Crippen LogP contribution in [0.3, 0.4) is 0 Å². The van der Waals surface area contributed by atoms with E-state index in [-0.39, 0.29) is 24.1 Å². The predicted molar refractivity (Wildman–Crippen MR) is 111 cm³/mol. The van der Waals surface area contributed by atoms with Gasteiger partial charge in [-0.3, -0.25) is 0 Å². The number of ether oxygens (including phenoxy) is 3. The first-order chi connectivity index (χ1) is 15.3. The van der Waals surface area contributed by atoms with Crippen molar-refractivity contribution in [3.63, 3.8) is 0 Å². The Morgan fingerprint density at radius 3 is 2.38 bits per heavy atom. The fourth-order valence-electron chi connectivity index (χ4n) is 3.52. The average molecular weight is 453 g/mol. The van der Waals surface area contributed by atoms with Gasteiger partial charge >= 0.3 is 12.2 Å². The SMILES string of the molecule is COc1ccc(CNC(=O)NC2CCC(Oc3ccc(C(F)(F)F)cn3)CC2)cc1OC. The van der Waals surface area contributed by atoms with Crippen molar-refractivity contribution in [2.24, 2.45) is 0 Å². The van der Waals surface area contributed by atoms with Crippen molar-refractivity contribution in [1.29, 1.82) is 0 Å². The van der Waals surface area contributed by atoms with Crippen LogP contribution in [0.5, 0.6) is 17.4 Å². The van der Waals surface area contributed by atoms with Crippen molar-refractivity contribution in [2.75, 3.05) is 14.2 Å². The van der Waals surface area contributed by atoms with E-state index in [1.807, 2.05) is 6.07 Å². The third-order valence-corrected chi connectivity index (χ3v) is 5.26. The molecule has 0 saturated heterocycles. The quantitative estimate of drug-likeness (QED) is 0.653. The van der Waals surface area contributed by atoms with E-state index in [0.717, 1.165) is 17.8 Å². The van der Waals surface area contributed by atoms with Gasteiger partial charge in [0, 0.05) is 24.8 Å². The fraction of sp³-hybridized carbons (Fsp3) is 0.455. The van der Waals surface area contributed by atoms with Gasteiger partial charge in [-0.25, -0.2) is 9.78 Å². The second kappa shape index (κ2) is 10.4. The standard InChI is InChI=1S/C22H26F3N3O4/c1-30-18-9-3-14(11-19(18)31-2)12-27-21(29)28-16-5-7-17(8-6-16)32-20-10-4-15(13-26-20)22(23,24)25/h3-4,9-11,13,16-17H,5-8,12H2,1-2H3,(H2,27,28,29). The van der Waals surface area contributed by atoms with Gasteiger partial charge in [0.05, 0.1) is 19.8 Å². The molecule has 32 heavy (non-hydrogen) atoms. The number of halogens is 3. The number of methoxy groups -OCH3 is 2. The van der Waals surface area contributed by atoms with E-state index in [4.69, 9.17) is 14.2 Å². The summed E-state index contributed by atoms with van der Waals surface area (Å²) in [6, 6.07) is 7.35. The number of pyridine rings is 1. The lowest BCUT2D eigenvalue weighted by Crippen LogP contribution is -2.44. The number of carbonyl (C=O) groups excluding carboxylic acids is 1. The molecule has 7 nitrogen and oxygen atoms in total. The Labute approximate surface area is 184 Å². The van der Waals surface area contributed by atoms with Gasteiger partial charge < -0.3 is 24.8 Å². The Hall–Kier alpha value is -3.17. The molecule has 10 heteroatoms. The lowest BCUT2D eigenvalue weighted by Gasteiger charge is -2.29. The number of benzene rings is 1. The first-order valence-corrected chi connectivity index (χ1v) is 10.2. The van der Waals surface area contributed by atoms with E-state index in [0.29, 0.717) is 43.7 Å². The van der Waals surface area contributed by atoms with Crippen LogP contribution in [-0.4, -0.2) is 37.4 Å². The summed E-state index contributed by atoms with van der Waals surface area (Å²) in [5, 5.41) is 5.77. The van der Waals surface area contributed by atoms with Crippen molar-refractivity contribution in [3.05, 3.63) is 47.7 Å². The molecule has 1 aliphatic carbocycles. The number of nitrogens with zero attached hydrogens (tertiary/aromatic N) is 1. The molecule has 0 aliphatic heterocycles. The number of aromatic nitrogens is 1. The van der Waals surface area contributed by atoms with Crippen LogP contribution in [0.15, 0.2) is 36.5 Å². The van der Waals surface area contributed by atoms with Gasteiger partial charge in [0.15, 0.2) is 11.5 Å². The normalized spacial score (nSPS) is 18.5. The highest BCUT2D eigenvalue weighted by molar-refractivity contribution is 5.74. The summed E-state index contributed by atoms with van der Waals surface area (Å²) in [7, 11) is 3.11. The summed E-state index contributed by atoms with van der Waals surface area (Å²) in [6.07, 6.45) is -1.05. The van der Waals surface area contributed by atoms with E-state index in [1.165, 1.54) is 6.07 Å². The van der Waals surface area contributed by atoms with Crippen LogP contribution in [0.4, 0.5) is 18.0 Å². The predicted octanol–water partition coefficient (Wildman–Crippen LogP) is 4.31. The molecule has 1 heterocycles. The third-order valence-electron chi connectivity index (χ3n) is 5.26. The highest BCUT2D eigenvalue weighted by atomic mass is 19.4. The lowest BCUT2D eigenvalue weighted by molar-refractivity contribution is -0.137. The van der Waals surface area contributed by atoms with Crippen molar-refractivity contribution in [2.45, 2.75) is 50.6 Å². The maximum Gasteiger partial charge on any atom is 0.417 e. The fourth-order valence-corrected chi connectivity index (χ4v) is 3.52. The van der Waals surface area contributed by atoms with Crippen molar-refractivity contribution < 1.29 is 32.2 Å². The zero-order chi connectivity index (χ0) is 23.1. The number of hydrogen-bond donors (Lipinski definition) is 2. The minimum Gasteiger partial charge on any atom is -0.493 e. The molecule has 1 fully saturated rings. The third kappa shape index (κ3) is 6.41. The summed E-state index contributed by atoms with van der Waals surface area (Å²) in [4.78, 5) is 16.0. The van der Waals surface area contributed by atoms with Gasteiger partial charge in [-0.05, 0) is 49.4 Å². The maximum absolute atomic E-state index is 12.6. The maximum atomic E-state index is 12.6. The van der Waals surface area contributed by atoms with Gasteiger partial charge in [-0.15, -0.1) is 0 Å². The summed E-state index contributed by atoms with van der Waals surface area (Å²) >= 11 is 0. The molecule has 2 aromatic rings. The van der Waals surface area contributed by atoms with Gasteiger partial charge in [0.1, 0.15) is 6.10 Å². The lowest BCUT2D eigenvalue weighted by atomic mass is 9.93. The highest BCUT2D eigenvalue weighted by Crippen LogP contribution is 2.30. The van der Waals surface area contributed by atoms with E-state index < -0.39 is 11.7 Å². The Morgan fingerprint density at radius 2 is 1.78 bits per heavy atom. The van der Waals surface area contributed by atoms with Crippen LogP contribution in [0, 0.1) is 0 Å². The molecule has 1 aromatic heterocycles. The first-order valence-electron chi connectivity index (χ1n) is 10.2. The van der Waals surface area contributed by atoms with E-state index in [2.05, 4.69) is 15.6 Å². The number of hydrogen-bond acceptors (Lipinski definition) is 5. The van der Waals surface area contributed by atoms with E-state index in [9.17, 15) is 18.0 Å². The second-order valence-corrected chi connectivity index (χ2v) is 7.49. The van der Waals surface area contributed by atoms with Crippen molar-refractivity contribution in [1.82, 2.24) is 15.6 Å². The monoisotopic (exact) mass is 453 g/mol. The summed E-state index contributed by atoms with van der Waals surface area (Å²) < 4.78 is 54.0. The van der Waals surface area contributed by atoms with Crippen LogP contribution in [-0.2, 0) is 12.7 Å². The van der Waals surface area contributed by atoms with E-state index in [1.54, 1.807) is 26.4 Å². The topological polar surface area (TPSA) is 81.7 Å². The molecule has 0 spiro atoms. The molecular formula is C22H26F3N3O4. The molecule has 0 bridgehead atoms. The van der Waals surface area contributed by atoms with Crippen LogP contribution >= 0.6 is 0 Å². The number of urea groups is 1. The number of amides is 2. The molecular weight excluding hydrogens is 427 g/mol. The van der Waals surface area contributed by atoms with Gasteiger partial charge in [0.25, 0.3) is 0 Å². The molecule has 2 N–H and O–H groups in total. The summed E-state index contributed by atoms with van der Waals surface area (Å²) in [5.74, 6) is 1.38. The zero-order valence-electron chi connectivity index (χ0n) is 17.9.